The van der Waals surface area contributed by atoms with E-state index in [9.17, 15) is 19.1 Å². The van der Waals surface area contributed by atoms with E-state index in [-0.39, 0.29) is 24.3 Å². The van der Waals surface area contributed by atoms with Gasteiger partial charge in [0.25, 0.3) is 5.91 Å². The third-order valence-electron chi connectivity index (χ3n) is 3.70. The Labute approximate surface area is 133 Å². The molecule has 0 radical (unpaired) electrons. The molecule has 1 heterocycles. The largest absolute Gasteiger partial charge is 0.503 e. The number of carbonyl (C=O) groups excluding carboxylic acids is 2. The molecule has 6 nitrogen and oxygen atoms in total. The number of Topliss-reactive ketones (excluding diaryl/α,β-unsaturated/α-hetero) is 1. The summed E-state index contributed by atoms with van der Waals surface area (Å²) in [5.74, 6) is -2.36. The third kappa shape index (κ3) is 3.40. The van der Waals surface area contributed by atoms with Crippen LogP contribution in [0.4, 0.5) is 4.39 Å². The fourth-order valence-corrected chi connectivity index (χ4v) is 2.67. The predicted octanol–water partition coefficient (Wildman–Crippen LogP) is 0.692. The maximum atomic E-state index is 14.1. The maximum Gasteiger partial charge on any atom is 0.290 e. The molecule has 1 aliphatic heterocycles. The molecule has 0 spiro atoms. The van der Waals surface area contributed by atoms with Crippen LogP contribution in [0.25, 0.3) is 0 Å². The average Bonchev–Trinajstić information content (AvgIpc) is 2.76. The highest BCUT2D eigenvalue weighted by Crippen LogP contribution is 2.38. The number of benzene rings is 1. The van der Waals surface area contributed by atoms with Crippen LogP contribution >= 0.6 is 0 Å². The first-order valence-electron chi connectivity index (χ1n) is 7.30. The Morgan fingerprint density at radius 1 is 1.35 bits per heavy atom. The van der Waals surface area contributed by atoms with Gasteiger partial charge in [0.2, 0.25) is 0 Å². The van der Waals surface area contributed by atoms with E-state index in [1.807, 2.05) is 0 Å². The van der Waals surface area contributed by atoms with Crippen LogP contribution in [0.2, 0.25) is 0 Å². The zero-order valence-corrected chi connectivity index (χ0v) is 12.8. The van der Waals surface area contributed by atoms with E-state index in [2.05, 4.69) is 5.32 Å². The summed E-state index contributed by atoms with van der Waals surface area (Å²) in [6.45, 7) is 2.05. The number of hydrogen-bond acceptors (Lipinski definition) is 5. The highest BCUT2D eigenvalue weighted by Gasteiger charge is 2.42. The number of carbonyl (C=O) groups is 2. The lowest BCUT2D eigenvalue weighted by atomic mass is 9.96. The van der Waals surface area contributed by atoms with Gasteiger partial charge in [-0.3, -0.25) is 9.59 Å². The molecule has 0 fully saturated rings. The van der Waals surface area contributed by atoms with Gasteiger partial charge in [0.15, 0.2) is 11.5 Å². The number of aliphatic hydroxyl groups is 2. The minimum Gasteiger partial charge on any atom is -0.503 e. The zero-order chi connectivity index (χ0) is 17.0. The van der Waals surface area contributed by atoms with Crippen LogP contribution in [-0.2, 0) is 9.59 Å². The molecule has 1 atom stereocenters. The average molecular weight is 322 g/mol. The van der Waals surface area contributed by atoms with Gasteiger partial charge in [0.1, 0.15) is 5.82 Å². The predicted molar refractivity (Wildman–Crippen MR) is 81.1 cm³/mol. The monoisotopic (exact) mass is 322 g/mol. The second-order valence-corrected chi connectivity index (χ2v) is 5.21. The van der Waals surface area contributed by atoms with E-state index >= 15 is 0 Å². The molecule has 0 bridgehead atoms. The van der Waals surface area contributed by atoms with Crippen molar-refractivity contribution < 1.29 is 24.2 Å². The van der Waals surface area contributed by atoms with E-state index in [0.29, 0.717) is 13.1 Å². The highest BCUT2D eigenvalue weighted by molar-refractivity contribution is 6.08. The summed E-state index contributed by atoms with van der Waals surface area (Å²) in [5.41, 5.74) is 0.0690. The molecule has 124 valence electrons. The van der Waals surface area contributed by atoms with Crippen LogP contribution in [0.1, 0.15) is 18.5 Å². The number of nitrogens with zero attached hydrogens (tertiary/aromatic N) is 1. The first kappa shape index (κ1) is 17.1. The minimum absolute atomic E-state index is 0.0487. The van der Waals surface area contributed by atoms with Gasteiger partial charge < -0.3 is 20.4 Å². The minimum atomic E-state index is -0.947. The second-order valence-electron chi connectivity index (χ2n) is 5.21. The Kier molecular flexibility index (Phi) is 5.46. The normalized spacial score (nSPS) is 18.0. The Morgan fingerprint density at radius 2 is 2.04 bits per heavy atom. The van der Waals surface area contributed by atoms with Gasteiger partial charge in [-0.15, -0.1) is 0 Å². The summed E-state index contributed by atoms with van der Waals surface area (Å²) in [7, 11) is 0. The van der Waals surface area contributed by atoms with Crippen molar-refractivity contribution in [2.24, 2.45) is 0 Å². The van der Waals surface area contributed by atoms with Crippen molar-refractivity contribution in [3.63, 3.8) is 0 Å². The number of ketones is 1. The van der Waals surface area contributed by atoms with Crippen LogP contribution in [0, 0.1) is 5.82 Å². The fraction of sp³-hybridized carbons (Fsp3) is 0.375. The van der Waals surface area contributed by atoms with Crippen molar-refractivity contribution in [1.82, 2.24) is 10.2 Å². The molecule has 1 aromatic rings. The molecule has 1 amide bonds. The molecule has 0 aliphatic carbocycles. The SMILES string of the molecule is CC(=O)C1=C(O)C(=O)N(CCNCCO)[C@@H]1c1ccccc1F. The van der Waals surface area contributed by atoms with E-state index in [1.54, 1.807) is 6.07 Å². The topological polar surface area (TPSA) is 89.9 Å². The summed E-state index contributed by atoms with van der Waals surface area (Å²) in [6, 6.07) is 4.91. The second kappa shape index (κ2) is 7.34. The van der Waals surface area contributed by atoms with Gasteiger partial charge in [0.05, 0.1) is 18.2 Å². The maximum absolute atomic E-state index is 14.1. The van der Waals surface area contributed by atoms with E-state index < -0.39 is 29.3 Å². The first-order chi connectivity index (χ1) is 11.0. The smallest absolute Gasteiger partial charge is 0.290 e. The molecule has 0 saturated carbocycles. The number of aliphatic hydroxyl groups excluding tert-OH is 2. The molecule has 0 unspecified atom stereocenters. The number of halogens is 1. The number of nitrogens with one attached hydrogen (secondary N) is 1. The van der Waals surface area contributed by atoms with Crippen LogP contribution in [0.5, 0.6) is 0 Å². The Bertz CT molecular complexity index is 645. The summed E-state index contributed by atoms with van der Waals surface area (Å²) in [4.78, 5) is 25.4. The lowest BCUT2D eigenvalue weighted by Crippen LogP contribution is -2.37. The van der Waals surface area contributed by atoms with Crippen LogP contribution in [0.3, 0.4) is 0 Å². The Hall–Kier alpha value is -2.25. The lowest BCUT2D eigenvalue weighted by molar-refractivity contribution is -0.129. The van der Waals surface area contributed by atoms with Crippen molar-refractivity contribution >= 4 is 11.7 Å². The molecule has 0 saturated heterocycles. The molecule has 7 heteroatoms. The summed E-state index contributed by atoms with van der Waals surface area (Å²) >= 11 is 0. The Morgan fingerprint density at radius 3 is 2.65 bits per heavy atom. The fourth-order valence-electron chi connectivity index (χ4n) is 2.67. The summed E-state index contributed by atoms with van der Waals surface area (Å²) in [5, 5.41) is 21.7. The van der Waals surface area contributed by atoms with Crippen molar-refractivity contribution in [2.45, 2.75) is 13.0 Å². The molecule has 3 N–H and O–H groups in total. The van der Waals surface area contributed by atoms with Crippen LogP contribution in [-0.4, -0.2) is 53.0 Å². The van der Waals surface area contributed by atoms with Gasteiger partial charge in [0, 0.05) is 25.2 Å². The van der Waals surface area contributed by atoms with E-state index in [0.717, 1.165) is 0 Å². The van der Waals surface area contributed by atoms with Crippen molar-refractivity contribution in [1.29, 1.82) is 0 Å². The molecule has 1 aromatic carbocycles. The van der Waals surface area contributed by atoms with Gasteiger partial charge in [-0.25, -0.2) is 4.39 Å². The van der Waals surface area contributed by atoms with Gasteiger partial charge >= 0.3 is 0 Å². The molecular formula is C16H19FN2O4. The van der Waals surface area contributed by atoms with Gasteiger partial charge in [-0.2, -0.15) is 0 Å². The molecular weight excluding hydrogens is 303 g/mol. The molecule has 1 aliphatic rings. The highest BCUT2D eigenvalue weighted by atomic mass is 19.1. The van der Waals surface area contributed by atoms with E-state index in [1.165, 1.54) is 30.0 Å². The first-order valence-corrected chi connectivity index (χ1v) is 7.30. The number of rotatable bonds is 7. The quantitative estimate of drug-likeness (QED) is 0.643. The molecule has 23 heavy (non-hydrogen) atoms. The number of amides is 1. The van der Waals surface area contributed by atoms with Crippen LogP contribution < -0.4 is 5.32 Å². The number of hydrogen-bond donors (Lipinski definition) is 3. The standard InChI is InChI=1S/C16H19FN2O4/c1-10(21)13-14(11-4-2-3-5-12(11)17)19(16(23)15(13)22)8-6-18-7-9-20/h2-5,14,18,20,22H,6-9H2,1H3/t14-/m1/s1. The van der Waals surface area contributed by atoms with Gasteiger partial charge in [-0.05, 0) is 13.0 Å². The Balaban J connectivity index is 2.35. The van der Waals surface area contributed by atoms with Crippen LogP contribution in [0.15, 0.2) is 35.6 Å². The van der Waals surface area contributed by atoms with Gasteiger partial charge in [-0.1, -0.05) is 18.2 Å². The van der Waals surface area contributed by atoms with E-state index in [4.69, 9.17) is 5.11 Å². The molecule has 2 rings (SSSR count). The summed E-state index contributed by atoms with van der Waals surface area (Å²) in [6.07, 6.45) is 0. The third-order valence-corrected chi connectivity index (χ3v) is 3.70. The van der Waals surface area contributed by atoms with Crippen molar-refractivity contribution in [3.8, 4) is 0 Å². The molecule has 0 aromatic heterocycles. The zero-order valence-electron chi connectivity index (χ0n) is 12.8. The summed E-state index contributed by atoms with van der Waals surface area (Å²) < 4.78 is 14.1. The van der Waals surface area contributed by atoms with Crippen molar-refractivity contribution in [3.05, 3.63) is 47.0 Å². The lowest BCUT2D eigenvalue weighted by Gasteiger charge is -2.27. The van der Waals surface area contributed by atoms with Crippen molar-refractivity contribution in [2.75, 3.05) is 26.2 Å².